The molecule has 0 bridgehead atoms. The van der Waals surface area contributed by atoms with Crippen LogP contribution in [0.1, 0.15) is 0 Å². The van der Waals surface area contributed by atoms with Gasteiger partial charge in [-0.3, -0.25) is 10.1 Å². The molecule has 0 atom stereocenters. The van der Waals surface area contributed by atoms with Crippen molar-refractivity contribution in [3.05, 3.63) is 34.6 Å². The van der Waals surface area contributed by atoms with Crippen LogP contribution in [-0.4, -0.2) is 19.9 Å². The molecule has 0 saturated carbocycles. The Kier molecular flexibility index (Phi) is 3.21. The van der Waals surface area contributed by atoms with Crippen LogP contribution in [0.15, 0.2) is 34.7 Å². The number of hydrogen-bond donors (Lipinski definition) is 3. The van der Waals surface area contributed by atoms with Gasteiger partial charge in [-0.15, -0.1) is 0 Å². The molecule has 2 rings (SSSR count). The van der Waals surface area contributed by atoms with Crippen LogP contribution >= 0.6 is 11.8 Å². The van der Waals surface area contributed by atoms with Crippen molar-refractivity contribution >= 4 is 23.3 Å². The summed E-state index contributed by atoms with van der Waals surface area (Å²) < 4.78 is 0. The summed E-state index contributed by atoms with van der Waals surface area (Å²) in [6.07, 6.45) is 3.24. The minimum Gasteiger partial charge on any atom is -0.339 e. The van der Waals surface area contributed by atoms with Crippen LogP contribution in [0.25, 0.3) is 0 Å². The Bertz CT molecular complexity index is 529. The Morgan fingerprint density at radius 1 is 1.53 bits per heavy atom. The second-order valence-corrected chi connectivity index (χ2v) is 3.96. The monoisotopic (exact) mass is 252 g/mol. The number of H-pyrrole nitrogens is 1. The highest BCUT2D eigenvalue weighted by atomic mass is 32.2. The zero-order valence-electron chi connectivity index (χ0n) is 8.45. The van der Waals surface area contributed by atoms with E-state index in [0.717, 1.165) is 0 Å². The fourth-order valence-electron chi connectivity index (χ4n) is 1.13. The van der Waals surface area contributed by atoms with Crippen molar-refractivity contribution in [2.24, 2.45) is 5.84 Å². The van der Waals surface area contributed by atoms with Crippen LogP contribution in [0.2, 0.25) is 0 Å². The lowest BCUT2D eigenvalue weighted by atomic mass is 10.4. The molecule has 4 N–H and O–H groups in total. The molecule has 17 heavy (non-hydrogen) atoms. The Balaban J connectivity index is 2.33. The Morgan fingerprint density at radius 3 is 2.94 bits per heavy atom. The van der Waals surface area contributed by atoms with Gasteiger partial charge in [-0.25, -0.2) is 15.8 Å². The van der Waals surface area contributed by atoms with E-state index in [1.54, 1.807) is 12.4 Å². The first-order valence-corrected chi connectivity index (χ1v) is 5.31. The van der Waals surface area contributed by atoms with Gasteiger partial charge < -0.3 is 10.4 Å². The molecule has 2 aromatic heterocycles. The summed E-state index contributed by atoms with van der Waals surface area (Å²) in [5.41, 5.74) is 2.20. The van der Waals surface area contributed by atoms with Crippen molar-refractivity contribution in [1.82, 2.24) is 15.0 Å². The number of nitro groups is 1. The first kappa shape index (κ1) is 11.4. The summed E-state index contributed by atoms with van der Waals surface area (Å²) in [7, 11) is 0. The normalized spacial score (nSPS) is 10.2. The highest BCUT2D eigenvalue weighted by Gasteiger charge is 2.12. The Morgan fingerprint density at radius 2 is 2.35 bits per heavy atom. The molecule has 2 heterocycles. The van der Waals surface area contributed by atoms with E-state index in [0.29, 0.717) is 10.2 Å². The molecule has 0 aliphatic rings. The van der Waals surface area contributed by atoms with Crippen LogP contribution in [0.3, 0.4) is 0 Å². The van der Waals surface area contributed by atoms with Crippen molar-refractivity contribution in [1.29, 1.82) is 0 Å². The van der Waals surface area contributed by atoms with Crippen molar-refractivity contribution < 1.29 is 4.92 Å². The molecular weight excluding hydrogens is 244 g/mol. The number of hydrogen-bond acceptors (Lipinski definition) is 7. The van der Waals surface area contributed by atoms with Crippen LogP contribution < -0.4 is 11.3 Å². The molecular formula is C8H8N6O2S. The van der Waals surface area contributed by atoms with Gasteiger partial charge >= 0.3 is 0 Å². The average Bonchev–Trinajstić information content (AvgIpc) is 2.81. The molecule has 0 aliphatic carbocycles. The molecule has 8 nitrogen and oxygen atoms in total. The number of rotatable bonds is 4. The minimum atomic E-state index is -0.505. The van der Waals surface area contributed by atoms with Gasteiger partial charge in [0.2, 0.25) is 0 Å². The quantitative estimate of drug-likeness (QED) is 0.423. The fourth-order valence-corrected chi connectivity index (χ4v) is 1.89. The van der Waals surface area contributed by atoms with Gasteiger partial charge in [0.25, 0.3) is 5.69 Å². The second-order valence-electron chi connectivity index (χ2n) is 2.95. The van der Waals surface area contributed by atoms with E-state index < -0.39 is 4.92 Å². The molecule has 0 radical (unpaired) electrons. The highest BCUT2D eigenvalue weighted by Crippen LogP contribution is 2.27. The number of imidazole rings is 1. The number of nitrogen functional groups attached to an aromatic ring is 1. The lowest BCUT2D eigenvalue weighted by molar-refractivity contribution is -0.385. The van der Waals surface area contributed by atoms with Gasteiger partial charge in [-0.05, 0) is 11.8 Å². The number of hydrazine groups is 1. The minimum absolute atomic E-state index is 0.0815. The second kappa shape index (κ2) is 4.80. The van der Waals surface area contributed by atoms with Crippen molar-refractivity contribution in [2.45, 2.75) is 10.2 Å². The van der Waals surface area contributed by atoms with Crippen molar-refractivity contribution in [2.75, 3.05) is 5.43 Å². The molecule has 0 aliphatic heterocycles. The van der Waals surface area contributed by atoms with Gasteiger partial charge in [0, 0.05) is 18.5 Å². The molecule has 9 heteroatoms. The van der Waals surface area contributed by atoms with Gasteiger partial charge in [0.05, 0.1) is 11.0 Å². The fraction of sp³-hybridized carbons (Fsp3) is 0. The van der Waals surface area contributed by atoms with Crippen LogP contribution in [0.4, 0.5) is 11.5 Å². The van der Waals surface area contributed by atoms with E-state index in [4.69, 9.17) is 5.84 Å². The number of nitrogens with one attached hydrogen (secondary N) is 2. The van der Waals surface area contributed by atoms with Crippen LogP contribution in [-0.2, 0) is 0 Å². The van der Waals surface area contributed by atoms with Crippen molar-refractivity contribution in [3.8, 4) is 0 Å². The number of pyridine rings is 1. The summed E-state index contributed by atoms with van der Waals surface area (Å²) in [5, 5.41) is 11.7. The highest BCUT2D eigenvalue weighted by molar-refractivity contribution is 7.99. The number of nitrogens with zero attached hydrogens (tertiary/aromatic N) is 3. The lowest BCUT2D eigenvalue weighted by Gasteiger charge is -2.02. The average molecular weight is 252 g/mol. The summed E-state index contributed by atoms with van der Waals surface area (Å²) in [6.45, 7) is 0. The first-order valence-electron chi connectivity index (χ1n) is 4.49. The molecule has 2 aromatic rings. The predicted molar refractivity (Wildman–Crippen MR) is 61.4 cm³/mol. The summed E-state index contributed by atoms with van der Waals surface area (Å²) in [4.78, 5) is 21.1. The number of nitrogens with two attached hydrogens (primary N) is 1. The van der Waals surface area contributed by atoms with Crippen LogP contribution in [0.5, 0.6) is 0 Å². The SMILES string of the molecule is NNc1cc([N+](=O)[O-])cc(Sc2ncc[nH]2)n1. The predicted octanol–water partition coefficient (Wildman–Crippen LogP) is 1.15. The zero-order chi connectivity index (χ0) is 12.3. The van der Waals surface area contributed by atoms with Gasteiger partial charge in [0.15, 0.2) is 5.16 Å². The number of aromatic nitrogens is 3. The maximum atomic E-state index is 10.7. The first-order chi connectivity index (χ1) is 8.19. The smallest absolute Gasteiger partial charge is 0.275 e. The van der Waals surface area contributed by atoms with Crippen molar-refractivity contribution in [3.63, 3.8) is 0 Å². The Labute approximate surface area is 99.8 Å². The van der Waals surface area contributed by atoms with E-state index in [2.05, 4.69) is 20.4 Å². The van der Waals surface area contributed by atoms with Gasteiger partial charge in [0.1, 0.15) is 10.8 Å². The largest absolute Gasteiger partial charge is 0.339 e. The molecule has 0 saturated heterocycles. The van der Waals surface area contributed by atoms with Gasteiger partial charge in [-0.1, -0.05) is 0 Å². The van der Waals surface area contributed by atoms with E-state index >= 15 is 0 Å². The number of anilines is 1. The van der Waals surface area contributed by atoms with E-state index in [1.165, 1.54) is 23.9 Å². The molecule has 0 spiro atoms. The van der Waals surface area contributed by atoms with E-state index in [1.807, 2.05) is 0 Å². The summed E-state index contributed by atoms with van der Waals surface area (Å²) in [6, 6.07) is 2.61. The van der Waals surface area contributed by atoms with Gasteiger partial charge in [-0.2, -0.15) is 0 Å². The molecule has 0 amide bonds. The van der Waals surface area contributed by atoms with E-state index in [-0.39, 0.29) is 11.5 Å². The third kappa shape index (κ3) is 2.71. The number of aromatic amines is 1. The standard InChI is InChI=1S/C8H8N6O2S/c9-13-6-3-5(14(15)16)4-7(12-6)17-8-10-1-2-11-8/h1-4H,9H2,(H,10,11)(H,12,13). The molecule has 0 unspecified atom stereocenters. The maximum absolute atomic E-state index is 10.7. The molecule has 0 aromatic carbocycles. The zero-order valence-corrected chi connectivity index (χ0v) is 9.27. The third-order valence-corrected chi connectivity index (χ3v) is 2.65. The lowest BCUT2D eigenvalue weighted by Crippen LogP contribution is -2.09. The molecule has 88 valence electrons. The molecule has 0 fully saturated rings. The Hall–Kier alpha value is -2.13. The third-order valence-electron chi connectivity index (χ3n) is 1.82. The maximum Gasteiger partial charge on any atom is 0.275 e. The van der Waals surface area contributed by atoms with E-state index in [9.17, 15) is 10.1 Å². The summed E-state index contributed by atoms with van der Waals surface area (Å²) in [5.74, 6) is 5.42. The summed E-state index contributed by atoms with van der Waals surface area (Å²) >= 11 is 1.18. The topological polar surface area (TPSA) is 123 Å². The van der Waals surface area contributed by atoms with Crippen LogP contribution in [0, 0.1) is 10.1 Å².